The van der Waals surface area contributed by atoms with Crippen LogP contribution in [0.5, 0.6) is 0 Å². The molecule has 1 aromatic rings. The van der Waals surface area contributed by atoms with Crippen LogP contribution in [0.1, 0.15) is 18.4 Å². The van der Waals surface area contributed by atoms with Gasteiger partial charge in [-0.05, 0) is 17.7 Å². The molecule has 1 aromatic carbocycles. The van der Waals surface area contributed by atoms with Gasteiger partial charge in [-0.3, -0.25) is 5.41 Å². The number of hydrogen-bond acceptors (Lipinski definition) is 1. The summed E-state index contributed by atoms with van der Waals surface area (Å²) in [5.41, 5.74) is 6.38. The van der Waals surface area contributed by atoms with Crippen LogP contribution in [0.2, 0.25) is 5.02 Å². The molecule has 1 unspecified atom stereocenters. The van der Waals surface area contributed by atoms with Crippen molar-refractivity contribution < 1.29 is 0 Å². The van der Waals surface area contributed by atoms with Gasteiger partial charge in [0.25, 0.3) is 0 Å². The molecule has 0 saturated carbocycles. The fraction of sp³-hybridized carbons (Fsp3) is 0.222. The molecule has 3 N–H and O–H groups in total. The number of amidine groups is 1. The molecular weight excluding hydrogens is 172 g/mol. The van der Waals surface area contributed by atoms with E-state index >= 15 is 0 Å². The lowest BCUT2D eigenvalue weighted by Crippen LogP contribution is -2.17. The monoisotopic (exact) mass is 182 g/mol. The third-order valence-electron chi connectivity index (χ3n) is 1.84. The summed E-state index contributed by atoms with van der Waals surface area (Å²) in [7, 11) is 0. The van der Waals surface area contributed by atoms with Crippen molar-refractivity contribution in [2.24, 2.45) is 5.73 Å². The maximum absolute atomic E-state index is 7.24. The van der Waals surface area contributed by atoms with E-state index in [1.807, 2.05) is 19.1 Å². The molecule has 0 amide bonds. The number of nitrogens with two attached hydrogens (primary N) is 1. The van der Waals surface area contributed by atoms with Gasteiger partial charge in [-0.2, -0.15) is 0 Å². The first-order valence-electron chi connectivity index (χ1n) is 3.70. The molecule has 0 aliphatic heterocycles. The molecule has 1 atom stereocenters. The summed E-state index contributed by atoms with van der Waals surface area (Å²) in [6, 6.07) is 7.37. The molecule has 0 aliphatic rings. The number of halogens is 1. The van der Waals surface area contributed by atoms with Gasteiger partial charge in [0.2, 0.25) is 0 Å². The molecule has 0 radical (unpaired) electrons. The normalized spacial score (nSPS) is 12.5. The van der Waals surface area contributed by atoms with Crippen molar-refractivity contribution in [3.63, 3.8) is 0 Å². The van der Waals surface area contributed by atoms with Crippen LogP contribution in [0.15, 0.2) is 24.3 Å². The first kappa shape index (κ1) is 9.07. The van der Waals surface area contributed by atoms with E-state index in [4.69, 9.17) is 22.7 Å². The highest BCUT2D eigenvalue weighted by molar-refractivity contribution is 6.30. The second kappa shape index (κ2) is 3.59. The lowest BCUT2D eigenvalue weighted by molar-refractivity contribution is 0.992. The fourth-order valence-corrected chi connectivity index (χ4v) is 1.06. The zero-order valence-electron chi connectivity index (χ0n) is 6.84. The largest absolute Gasteiger partial charge is 0.387 e. The summed E-state index contributed by atoms with van der Waals surface area (Å²) in [5.74, 6) is 0.152. The van der Waals surface area contributed by atoms with E-state index in [1.54, 1.807) is 12.1 Å². The Balaban J connectivity index is 2.89. The highest BCUT2D eigenvalue weighted by Crippen LogP contribution is 2.17. The maximum atomic E-state index is 7.24. The molecule has 1 rings (SSSR count). The van der Waals surface area contributed by atoms with Crippen molar-refractivity contribution in [2.75, 3.05) is 0 Å². The van der Waals surface area contributed by atoms with Crippen LogP contribution < -0.4 is 5.73 Å². The van der Waals surface area contributed by atoms with Crippen molar-refractivity contribution in [1.29, 1.82) is 5.41 Å². The molecule has 0 aliphatic carbocycles. The molecule has 64 valence electrons. The highest BCUT2D eigenvalue weighted by Gasteiger charge is 2.06. The molecule has 0 saturated heterocycles. The lowest BCUT2D eigenvalue weighted by Gasteiger charge is -2.08. The number of rotatable bonds is 2. The first-order chi connectivity index (χ1) is 5.61. The van der Waals surface area contributed by atoms with E-state index in [0.717, 1.165) is 5.56 Å². The van der Waals surface area contributed by atoms with Crippen LogP contribution in [0.3, 0.4) is 0 Å². The summed E-state index contributed by atoms with van der Waals surface area (Å²) in [5, 5.41) is 7.94. The Bertz CT molecular complexity index is 279. The van der Waals surface area contributed by atoms with Gasteiger partial charge in [-0.1, -0.05) is 30.7 Å². The first-order valence-corrected chi connectivity index (χ1v) is 4.08. The number of hydrogen-bond donors (Lipinski definition) is 2. The molecule has 0 bridgehead atoms. The highest BCUT2D eigenvalue weighted by atomic mass is 35.5. The smallest absolute Gasteiger partial charge is 0.0979 e. The van der Waals surface area contributed by atoms with Crippen LogP contribution in [0.4, 0.5) is 0 Å². The summed E-state index contributed by atoms with van der Waals surface area (Å²) in [4.78, 5) is 0. The van der Waals surface area contributed by atoms with Gasteiger partial charge in [0.05, 0.1) is 5.84 Å². The lowest BCUT2D eigenvalue weighted by atomic mass is 10.0. The average molecular weight is 183 g/mol. The van der Waals surface area contributed by atoms with Gasteiger partial charge >= 0.3 is 0 Å². The molecule has 0 fully saturated rings. The predicted octanol–water partition coefficient (Wildman–Crippen LogP) is 2.38. The van der Waals surface area contributed by atoms with E-state index in [-0.39, 0.29) is 11.8 Å². The minimum Gasteiger partial charge on any atom is -0.387 e. The Morgan fingerprint density at radius 1 is 1.42 bits per heavy atom. The van der Waals surface area contributed by atoms with E-state index in [1.165, 1.54) is 0 Å². The zero-order valence-corrected chi connectivity index (χ0v) is 7.60. The zero-order chi connectivity index (χ0) is 9.14. The summed E-state index contributed by atoms with van der Waals surface area (Å²) >= 11 is 5.71. The quantitative estimate of drug-likeness (QED) is 0.536. The van der Waals surface area contributed by atoms with E-state index in [2.05, 4.69) is 0 Å². The summed E-state index contributed by atoms with van der Waals surface area (Å²) < 4.78 is 0. The predicted molar refractivity (Wildman–Crippen MR) is 51.8 cm³/mol. The third-order valence-corrected chi connectivity index (χ3v) is 2.09. The van der Waals surface area contributed by atoms with Gasteiger partial charge in [0, 0.05) is 10.9 Å². The van der Waals surface area contributed by atoms with Gasteiger partial charge in [0.1, 0.15) is 0 Å². The van der Waals surface area contributed by atoms with Crippen molar-refractivity contribution in [2.45, 2.75) is 12.8 Å². The summed E-state index contributed by atoms with van der Waals surface area (Å²) in [6.45, 7) is 1.89. The van der Waals surface area contributed by atoms with Crippen LogP contribution in [0.25, 0.3) is 0 Å². The van der Waals surface area contributed by atoms with Crippen molar-refractivity contribution in [3.8, 4) is 0 Å². The molecule has 0 aromatic heterocycles. The van der Waals surface area contributed by atoms with Crippen molar-refractivity contribution in [3.05, 3.63) is 34.9 Å². The topological polar surface area (TPSA) is 49.9 Å². The Morgan fingerprint density at radius 3 is 2.33 bits per heavy atom. The Labute approximate surface area is 76.9 Å². The van der Waals surface area contributed by atoms with Crippen LogP contribution in [-0.4, -0.2) is 5.84 Å². The standard InChI is InChI=1S/C9H11ClN2/c1-6(9(11)12)7-2-4-8(10)5-3-7/h2-6H,1H3,(H3,11,12). The van der Waals surface area contributed by atoms with Gasteiger partial charge in [0.15, 0.2) is 0 Å². The minimum atomic E-state index is -0.0257. The fourth-order valence-electron chi connectivity index (χ4n) is 0.931. The molecule has 3 heteroatoms. The molecule has 0 heterocycles. The van der Waals surface area contributed by atoms with Gasteiger partial charge < -0.3 is 5.73 Å². The Kier molecular flexibility index (Phi) is 2.71. The number of nitrogens with one attached hydrogen (secondary N) is 1. The third kappa shape index (κ3) is 1.98. The molecule has 12 heavy (non-hydrogen) atoms. The van der Waals surface area contributed by atoms with Crippen molar-refractivity contribution in [1.82, 2.24) is 0 Å². The van der Waals surface area contributed by atoms with Crippen LogP contribution in [0, 0.1) is 5.41 Å². The summed E-state index contributed by atoms with van der Waals surface area (Å²) in [6.07, 6.45) is 0. The Hall–Kier alpha value is -1.02. The van der Waals surface area contributed by atoms with E-state index in [9.17, 15) is 0 Å². The van der Waals surface area contributed by atoms with Gasteiger partial charge in [-0.25, -0.2) is 0 Å². The Morgan fingerprint density at radius 2 is 1.92 bits per heavy atom. The van der Waals surface area contributed by atoms with Crippen LogP contribution in [-0.2, 0) is 0 Å². The van der Waals surface area contributed by atoms with E-state index < -0.39 is 0 Å². The second-order valence-electron chi connectivity index (χ2n) is 2.73. The van der Waals surface area contributed by atoms with Crippen molar-refractivity contribution >= 4 is 17.4 Å². The van der Waals surface area contributed by atoms with Crippen LogP contribution >= 0.6 is 11.6 Å². The molecular formula is C9H11ClN2. The van der Waals surface area contributed by atoms with E-state index in [0.29, 0.717) is 5.02 Å². The number of benzene rings is 1. The SMILES string of the molecule is CC(C(=N)N)c1ccc(Cl)cc1. The minimum absolute atomic E-state index is 0.0257. The second-order valence-corrected chi connectivity index (χ2v) is 3.17. The maximum Gasteiger partial charge on any atom is 0.0979 e. The molecule has 2 nitrogen and oxygen atoms in total. The average Bonchev–Trinajstić information content (AvgIpc) is 2.04. The van der Waals surface area contributed by atoms with Gasteiger partial charge in [-0.15, -0.1) is 0 Å². The molecule has 0 spiro atoms.